The van der Waals surface area contributed by atoms with Crippen LogP contribution >= 0.6 is 0 Å². The summed E-state index contributed by atoms with van der Waals surface area (Å²) in [5.41, 5.74) is -0.281. The van der Waals surface area contributed by atoms with E-state index in [0.29, 0.717) is 35.5 Å². The summed E-state index contributed by atoms with van der Waals surface area (Å²) in [6.07, 6.45) is -0.469. The number of benzene rings is 1. The molecule has 0 unspecified atom stereocenters. The molecule has 37 heavy (non-hydrogen) atoms. The number of anilines is 1. The van der Waals surface area contributed by atoms with Gasteiger partial charge in [-0.15, -0.1) is 0 Å². The number of nitrogens with one attached hydrogen (secondary N) is 2. The molecule has 1 aliphatic heterocycles. The minimum atomic E-state index is -4.43. The number of carbonyl (C=O) groups excluding carboxylic acids is 1. The van der Waals surface area contributed by atoms with E-state index >= 15 is 0 Å². The van der Waals surface area contributed by atoms with E-state index < -0.39 is 33.2 Å². The molecule has 2 aromatic heterocycles. The lowest BCUT2D eigenvalue weighted by atomic mass is 10.1. The van der Waals surface area contributed by atoms with Crippen molar-refractivity contribution in [1.29, 1.82) is 0 Å². The smallest absolute Gasteiger partial charge is 0.416 e. The third-order valence-corrected chi connectivity index (χ3v) is 7.96. The lowest BCUT2D eigenvalue weighted by molar-refractivity contribution is -0.137. The van der Waals surface area contributed by atoms with Gasteiger partial charge < -0.3 is 14.6 Å². The summed E-state index contributed by atoms with van der Waals surface area (Å²) >= 11 is 0. The summed E-state index contributed by atoms with van der Waals surface area (Å²) in [4.78, 5) is 19.7. The van der Waals surface area contributed by atoms with Gasteiger partial charge in [0.05, 0.1) is 17.5 Å². The van der Waals surface area contributed by atoms with Crippen LogP contribution in [0.1, 0.15) is 36.8 Å². The summed E-state index contributed by atoms with van der Waals surface area (Å²) < 4.78 is 71.5. The number of rotatable bonds is 8. The molecule has 3 heterocycles. The van der Waals surface area contributed by atoms with Crippen molar-refractivity contribution in [3.05, 3.63) is 65.9 Å². The number of alkyl halides is 3. The van der Waals surface area contributed by atoms with Crippen LogP contribution in [0.5, 0.6) is 0 Å². The van der Waals surface area contributed by atoms with Gasteiger partial charge >= 0.3 is 6.18 Å². The summed E-state index contributed by atoms with van der Waals surface area (Å²) in [5, 5.41) is 2.54. The van der Waals surface area contributed by atoms with Gasteiger partial charge in [-0.1, -0.05) is 12.1 Å². The van der Waals surface area contributed by atoms with Crippen LogP contribution in [-0.4, -0.2) is 37.9 Å². The van der Waals surface area contributed by atoms with Gasteiger partial charge in [-0.05, 0) is 67.6 Å². The molecular weight excluding hydrogens is 509 g/mol. The average molecular weight is 535 g/mol. The Morgan fingerprint density at radius 2 is 1.78 bits per heavy atom. The van der Waals surface area contributed by atoms with Gasteiger partial charge in [-0.2, -0.15) is 17.9 Å². The molecule has 0 spiro atoms. The molecule has 2 aliphatic rings. The second-order valence-electron chi connectivity index (χ2n) is 9.29. The Kier molecular flexibility index (Phi) is 6.48. The van der Waals surface area contributed by atoms with Gasteiger partial charge in [-0.3, -0.25) is 4.79 Å². The molecule has 1 saturated carbocycles. The molecule has 1 saturated heterocycles. The van der Waals surface area contributed by atoms with Crippen LogP contribution in [0.4, 0.5) is 19.0 Å². The topological polar surface area (TPSA) is 105 Å². The first-order chi connectivity index (χ1) is 17.6. The summed E-state index contributed by atoms with van der Waals surface area (Å²) in [6, 6.07) is 11.1. The lowest BCUT2D eigenvalue weighted by Crippen LogP contribution is -2.48. The second kappa shape index (κ2) is 9.49. The van der Waals surface area contributed by atoms with E-state index in [2.05, 4.69) is 19.9 Å². The maximum atomic E-state index is 13.0. The van der Waals surface area contributed by atoms with E-state index in [-0.39, 0.29) is 11.6 Å². The highest BCUT2D eigenvalue weighted by atomic mass is 32.2. The fourth-order valence-electron chi connectivity index (χ4n) is 4.34. The van der Waals surface area contributed by atoms with E-state index in [1.54, 1.807) is 6.07 Å². The van der Waals surface area contributed by atoms with E-state index in [1.165, 1.54) is 30.5 Å². The van der Waals surface area contributed by atoms with E-state index in [9.17, 15) is 26.4 Å². The SMILES string of the molecule is O=C(NCc1cc(-c2ccc(C(F)(F)F)cc2)nc(N2CCCC2)c1)C1(NS(=O)(=O)c2ccco2)CC1. The van der Waals surface area contributed by atoms with Crippen LogP contribution in [-0.2, 0) is 27.5 Å². The molecule has 196 valence electrons. The molecule has 0 atom stereocenters. The molecule has 12 heteroatoms. The van der Waals surface area contributed by atoms with Crippen LogP contribution in [0, 0.1) is 0 Å². The number of furan rings is 1. The minimum absolute atomic E-state index is 0.0973. The third-order valence-electron chi connectivity index (χ3n) is 6.54. The Labute approximate surface area is 211 Å². The number of hydrogen-bond acceptors (Lipinski definition) is 6. The monoisotopic (exact) mass is 534 g/mol. The third kappa shape index (κ3) is 5.49. The standard InChI is InChI=1S/C25H25F3N4O4S/c26-25(27,28)19-7-5-18(6-8-19)20-14-17(15-21(30-20)32-11-1-2-12-32)16-29-23(33)24(9-10-24)31-37(34,35)22-4-3-13-36-22/h3-8,13-15,31H,1-2,9-12,16H2,(H,29,33). The maximum absolute atomic E-state index is 13.0. The zero-order chi connectivity index (χ0) is 26.3. The quantitative estimate of drug-likeness (QED) is 0.451. The summed E-state index contributed by atoms with van der Waals surface area (Å²) in [6.45, 7) is 1.72. The Morgan fingerprint density at radius 3 is 2.38 bits per heavy atom. The highest BCUT2D eigenvalue weighted by Gasteiger charge is 2.53. The highest BCUT2D eigenvalue weighted by molar-refractivity contribution is 7.89. The highest BCUT2D eigenvalue weighted by Crippen LogP contribution is 2.37. The number of aromatic nitrogens is 1. The minimum Gasteiger partial charge on any atom is -0.452 e. The van der Waals surface area contributed by atoms with E-state index in [1.807, 2.05) is 6.07 Å². The van der Waals surface area contributed by atoms with Crippen LogP contribution in [0.25, 0.3) is 11.3 Å². The lowest BCUT2D eigenvalue weighted by Gasteiger charge is -2.20. The number of amides is 1. The molecule has 2 N–H and O–H groups in total. The van der Waals surface area contributed by atoms with E-state index in [4.69, 9.17) is 4.42 Å². The largest absolute Gasteiger partial charge is 0.452 e. The molecular formula is C25H25F3N4O4S. The molecule has 1 amide bonds. The van der Waals surface area contributed by atoms with Crippen molar-refractivity contribution in [3.8, 4) is 11.3 Å². The van der Waals surface area contributed by atoms with Gasteiger partial charge in [0.15, 0.2) is 0 Å². The normalized spacial score (nSPS) is 17.1. The summed E-state index contributed by atoms with van der Waals surface area (Å²) in [5.74, 6) is 0.219. The van der Waals surface area contributed by atoms with Crippen LogP contribution in [0.3, 0.4) is 0 Å². The zero-order valence-electron chi connectivity index (χ0n) is 19.7. The second-order valence-corrected chi connectivity index (χ2v) is 10.9. The van der Waals surface area contributed by atoms with Crippen molar-refractivity contribution in [2.24, 2.45) is 0 Å². The Morgan fingerprint density at radius 1 is 1.08 bits per heavy atom. The van der Waals surface area contributed by atoms with Crippen LogP contribution < -0.4 is 14.9 Å². The number of carbonyl (C=O) groups is 1. The molecule has 1 aromatic carbocycles. The Bertz CT molecular complexity index is 1380. The number of sulfonamides is 1. The molecule has 0 radical (unpaired) electrons. The number of nitrogens with zero attached hydrogens (tertiary/aromatic N) is 2. The average Bonchev–Trinajstić information content (AvgIpc) is 3.27. The van der Waals surface area contributed by atoms with Crippen LogP contribution in [0.2, 0.25) is 0 Å². The molecule has 8 nitrogen and oxygen atoms in total. The first-order valence-electron chi connectivity index (χ1n) is 11.9. The van der Waals surface area contributed by atoms with Crippen LogP contribution in [0.15, 0.2) is 64.3 Å². The van der Waals surface area contributed by atoms with Crippen molar-refractivity contribution >= 4 is 21.7 Å². The van der Waals surface area contributed by atoms with Crippen molar-refractivity contribution in [1.82, 2.24) is 15.0 Å². The molecule has 0 bridgehead atoms. The van der Waals surface area contributed by atoms with Gasteiger partial charge in [0.25, 0.3) is 10.0 Å². The van der Waals surface area contributed by atoms with Gasteiger partial charge in [0.1, 0.15) is 11.4 Å². The summed E-state index contributed by atoms with van der Waals surface area (Å²) in [7, 11) is -3.99. The van der Waals surface area contributed by atoms with Crippen molar-refractivity contribution in [2.45, 2.75) is 49.0 Å². The van der Waals surface area contributed by atoms with Crippen molar-refractivity contribution in [3.63, 3.8) is 0 Å². The zero-order valence-corrected chi connectivity index (χ0v) is 20.5. The fraction of sp³-hybridized carbons (Fsp3) is 0.360. The predicted octanol–water partition coefficient (Wildman–Crippen LogP) is 4.09. The molecule has 3 aromatic rings. The predicted molar refractivity (Wildman–Crippen MR) is 129 cm³/mol. The maximum Gasteiger partial charge on any atom is 0.416 e. The van der Waals surface area contributed by atoms with Gasteiger partial charge in [0, 0.05) is 25.2 Å². The molecule has 2 fully saturated rings. The Balaban J connectivity index is 1.35. The van der Waals surface area contributed by atoms with Gasteiger partial charge in [0.2, 0.25) is 11.0 Å². The number of hydrogen-bond donors (Lipinski definition) is 2. The van der Waals surface area contributed by atoms with Crippen molar-refractivity contribution < 1.29 is 30.8 Å². The fourth-order valence-corrected chi connectivity index (χ4v) is 5.69. The Hall–Kier alpha value is -3.38. The molecule has 5 rings (SSSR count). The number of pyridine rings is 1. The first-order valence-corrected chi connectivity index (χ1v) is 13.3. The number of halogens is 3. The first kappa shape index (κ1) is 25.3. The molecule has 1 aliphatic carbocycles. The van der Waals surface area contributed by atoms with Crippen molar-refractivity contribution in [2.75, 3.05) is 18.0 Å². The van der Waals surface area contributed by atoms with Gasteiger partial charge in [-0.25, -0.2) is 13.4 Å². The van der Waals surface area contributed by atoms with E-state index in [0.717, 1.165) is 38.1 Å².